The zero-order chi connectivity index (χ0) is 28.2. The van der Waals surface area contributed by atoms with E-state index >= 15 is 0 Å². The van der Waals surface area contributed by atoms with E-state index in [2.05, 4.69) is 47.0 Å². The molecule has 0 fully saturated rings. The molecule has 6 aromatic rings. The highest BCUT2D eigenvalue weighted by Gasteiger charge is 2.32. The molecule has 0 bridgehead atoms. The molecule has 4 aromatic carbocycles. The summed E-state index contributed by atoms with van der Waals surface area (Å²) in [5, 5.41) is 1.02. The highest BCUT2D eigenvalue weighted by molar-refractivity contribution is 7.07. The van der Waals surface area contributed by atoms with Crippen molar-refractivity contribution in [3.8, 4) is 0 Å². The zero-order valence-electron chi connectivity index (χ0n) is 22.7. The van der Waals surface area contributed by atoms with Crippen molar-refractivity contribution in [3.63, 3.8) is 0 Å². The molecule has 2 aromatic heterocycles. The van der Waals surface area contributed by atoms with Crippen molar-refractivity contribution in [2.24, 2.45) is 4.99 Å². The Morgan fingerprint density at radius 1 is 0.881 bits per heavy atom. The highest BCUT2D eigenvalue weighted by Crippen LogP contribution is 2.41. The lowest BCUT2D eigenvalue weighted by molar-refractivity contribution is 0.585. The lowest BCUT2D eigenvalue weighted by atomic mass is 9.83. The van der Waals surface area contributed by atoms with Crippen LogP contribution < -0.4 is 14.9 Å². The minimum absolute atomic E-state index is 0.0380. The van der Waals surface area contributed by atoms with Gasteiger partial charge < -0.3 is 4.57 Å². The molecule has 0 amide bonds. The summed E-state index contributed by atoms with van der Waals surface area (Å²) in [5.74, 6) is -0.225. The molecule has 6 heteroatoms. The number of thiazole rings is 1. The Hall–Kier alpha value is -4.81. The lowest BCUT2D eigenvalue weighted by Crippen LogP contribution is -2.38. The molecule has 1 unspecified atom stereocenters. The third-order valence-corrected chi connectivity index (χ3v) is 9.38. The summed E-state index contributed by atoms with van der Waals surface area (Å²) in [5.41, 5.74) is 8.25. The van der Waals surface area contributed by atoms with Crippen LogP contribution in [0.5, 0.6) is 0 Å². The first kappa shape index (κ1) is 24.9. The van der Waals surface area contributed by atoms with E-state index in [1.165, 1.54) is 28.5 Å². The second-order valence-corrected chi connectivity index (χ2v) is 11.9. The van der Waals surface area contributed by atoms with E-state index in [1.54, 1.807) is 6.07 Å². The van der Waals surface area contributed by atoms with Crippen molar-refractivity contribution in [1.82, 2.24) is 9.13 Å². The maximum absolute atomic E-state index is 14.5. The van der Waals surface area contributed by atoms with Gasteiger partial charge in [-0.2, -0.15) is 0 Å². The SMILES string of the molecule is O=c1/c(=C\c2cn(Cc3ccccc3F)c3ccccc23)sc2n1C(c1ccccc1)C1=C(N=2)c2ccccc2CC1. The minimum atomic E-state index is -0.225. The van der Waals surface area contributed by atoms with Crippen molar-refractivity contribution in [3.05, 3.63) is 168 Å². The molecule has 1 atom stereocenters. The molecular weight excluding hydrogens is 541 g/mol. The molecular formula is C36H26FN3OS. The van der Waals surface area contributed by atoms with Crippen LogP contribution in [-0.4, -0.2) is 9.13 Å². The molecule has 8 rings (SSSR count). The standard InChI is InChI=1S/C36H26FN3OS/c37-30-16-8-5-13-25(30)21-39-22-26(27-14-7-9-17-31(27)39)20-32-35(41)40-34(24-11-2-1-3-12-24)29-19-18-23-10-4-6-15-28(23)33(29)38-36(40)42-32/h1-17,20,22,34H,18-19,21H2/b32-20+. The van der Waals surface area contributed by atoms with Gasteiger partial charge in [-0.3, -0.25) is 9.36 Å². The van der Waals surface area contributed by atoms with E-state index in [-0.39, 0.29) is 17.4 Å². The molecule has 0 N–H and O–H groups in total. The first-order chi connectivity index (χ1) is 20.7. The summed E-state index contributed by atoms with van der Waals surface area (Å²) < 4.78 is 19.1. The Balaban J connectivity index is 1.32. The number of aryl methyl sites for hydroxylation is 1. The van der Waals surface area contributed by atoms with Crippen LogP contribution in [0.1, 0.15) is 40.3 Å². The minimum Gasteiger partial charge on any atom is -0.342 e. The van der Waals surface area contributed by atoms with E-state index in [0.29, 0.717) is 21.4 Å². The van der Waals surface area contributed by atoms with Gasteiger partial charge in [0.25, 0.3) is 5.56 Å². The number of benzene rings is 4. The average molecular weight is 568 g/mol. The number of fused-ring (bicyclic) bond motifs is 4. The Morgan fingerprint density at radius 2 is 1.64 bits per heavy atom. The first-order valence-electron chi connectivity index (χ1n) is 14.1. The molecule has 4 nitrogen and oxygen atoms in total. The van der Waals surface area contributed by atoms with Crippen molar-refractivity contribution in [2.45, 2.75) is 25.4 Å². The predicted octanol–water partition coefficient (Wildman–Crippen LogP) is 6.46. The molecule has 204 valence electrons. The summed E-state index contributed by atoms with van der Waals surface area (Å²) >= 11 is 1.43. The Kier molecular flexibility index (Phi) is 5.90. The maximum atomic E-state index is 14.5. The molecule has 1 aliphatic heterocycles. The van der Waals surface area contributed by atoms with Gasteiger partial charge in [0.15, 0.2) is 4.80 Å². The van der Waals surface area contributed by atoms with Gasteiger partial charge in [0.1, 0.15) is 5.82 Å². The molecule has 0 saturated heterocycles. The molecule has 2 aliphatic rings. The summed E-state index contributed by atoms with van der Waals surface area (Å²) in [7, 11) is 0. The highest BCUT2D eigenvalue weighted by atomic mass is 32.1. The second kappa shape index (κ2) is 9.93. The third kappa shape index (κ3) is 4.02. The van der Waals surface area contributed by atoms with Crippen LogP contribution in [0.2, 0.25) is 0 Å². The Morgan fingerprint density at radius 3 is 2.52 bits per heavy atom. The van der Waals surface area contributed by atoms with Gasteiger partial charge in [-0.05, 0) is 47.8 Å². The fraction of sp³-hybridized carbons (Fsp3) is 0.111. The molecule has 3 heterocycles. The Labute approximate surface area is 245 Å². The number of aromatic nitrogens is 2. The van der Waals surface area contributed by atoms with Gasteiger partial charge in [0, 0.05) is 33.8 Å². The van der Waals surface area contributed by atoms with Crippen LogP contribution in [0.4, 0.5) is 4.39 Å². The second-order valence-electron chi connectivity index (χ2n) is 10.8. The van der Waals surface area contributed by atoms with Gasteiger partial charge >= 0.3 is 0 Å². The van der Waals surface area contributed by atoms with Crippen LogP contribution in [0.15, 0.2) is 125 Å². The van der Waals surface area contributed by atoms with E-state index in [0.717, 1.165) is 46.1 Å². The number of rotatable bonds is 4. The van der Waals surface area contributed by atoms with Crippen molar-refractivity contribution >= 4 is 34.0 Å². The van der Waals surface area contributed by atoms with Crippen molar-refractivity contribution < 1.29 is 4.39 Å². The average Bonchev–Trinajstić information content (AvgIpc) is 3.53. The van der Waals surface area contributed by atoms with Gasteiger partial charge in [0.2, 0.25) is 0 Å². The molecule has 42 heavy (non-hydrogen) atoms. The fourth-order valence-corrected chi connectivity index (χ4v) is 7.42. The summed E-state index contributed by atoms with van der Waals surface area (Å²) in [6.45, 7) is 0.405. The van der Waals surface area contributed by atoms with E-state index in [9.17, 15) is 9.18 Å². The molecule has 0 saturated carbocycles. The normalized spacial score (nSPS) is 16.2. The van der Waals surface area contributed by atoms with Crippen LogP contribution in [-0.2, 0) is 13.0 Å². The number of halogens is 1. The van der Waals surface area contributed by atoms with Gasteiger partial charge in [0.05, 0.1) is 22.8 Å². The van der Waals surface area contributed by atoms with E-state index in [1.807, 2.05) is 65.4 Å². The van der Waals surface area contributed by atoms with Crippen LogP contribution in [0.3, 0.4) is 0 Å². The lowest BCUT2D eigenvalue weighted by Gasteiger charge is -2.30. The van der Waals surface area contributed by atoms with E-state index in [4.69, 9.17) is 4.99 Å². The quantitative estimate of drug-likeness (QED) is 0.241. The predicted molar refractivity (Wildman–Crippen MR) is 167 cm³/mol. The maximum Gasteiger partial charge on any atom is 0.271 e. The fourth-order valence-electron chi connectivity index (χ4n) is 6.43. The van der Waals surface area contributed by atoms with Gasteiger partial charge in [-0.15, -0.1) is 0 Å². The van der Waals surface area contributed by atoms with Crippen LogP contribution in [0.25, 0.3) is 22.7 Å². The molecule has 0 spiro atoms. The third-order valence-electron chi connectivity index (χ3n) is 8.39. The van der Waals surface area contributed by atoms with Crippen molar-refractivity contribution in [2.75, 3.05) is 0 Å². The largest absolute Gasteiger partial charge is 0.342 e. The number of nitrogens with zero attached hydrogens (tertiary/aromatic N) is 3. The van der Waals surface area contributed by atoms with E-state index < -0.39 is 0 Å². The summed E-state index contributed by atoms with van der Waals surface area (Å²) in [6.07, 6.45) is 5.79. The monoisotopic (exact) mass is 567 g/mol. The number of allylic oxidation sites excluding steroid dienone is 1. The van der Waals surface area contributed by atoms with Crippen molar-refractivity contribution in [1.29, 1.82) is 0 Å². The number of hydrogen-bond acceptors (Lipinski definition) is 3. The zero-order valence-corrected chi connectivity index (χ0v) is 23.5. The van der Waals surface area contributed by atoms with Gasteiger partial charge in [-0.25, -0.2) is 9.38 Å². The number of para-hydroxylation sites is 1. The van der Waals surface area contributed by atoms with Gasteiger partial charge in [-0.1, -0.05) is 102 Å². The topological polar surface area (TPSA) is 39.3 Å². The first-order valence-corrected chi connectivity index (χ1v) is 15.0. The summed E-state index contributed by atoms with van der Waals surface area (Å²) in [4.78, 5) is 20.1. The molecule has 0 radical (unpaired) electrons. The van der Waals surface area contributed by atoms with Crippen LogP contribution >= 0.6 is 11.3 Å². The summed E-state index contributed by atoms with van der Waals surface area (Å²) in [6, 6.07) is 33.5. The molecule has 1 aliphatic carbocycles. The van der Waals surface area contributed by atoms with Crippen LogP contribution in [0, 0.1) is 5.82 Å². The smallest absolute Gasteiger partial charge is 0.271 e. The Bertz CT molecular complexity index is 2220. The number of hydrogen-bond donors (Lipinski definition) is 0.